The Morgan fingerprint density at radius 3 is 2.59 bits per heavy atom. The van der Waals surface area contributed by atoms with Crippen LogP contribution in [0, 0.1) is 5.92 Å². The summed E-state index contributed by atoms with van der Waals surface area (Å²) in [6, 6.07) is 5.32. The number of nitrogens with one attached hydrogen (secondary N) is 2. The molecule has 1 saturated heterocycles. The summed E-state index contributed by atoms with van der Waals surface area (Å²) in [5, 5.41) is 5.87. The minimum absolute atomic E-state index is 0.0702. The van der Waals surface area contributed by atoms with E-state index < -0.39 is 0 Å². The first-order chi connectivity index (χ1) is 13.2. The zero-order chi connectivity index (χ0) is 19.1. The maximum absolute atomic E-state index is 12.4. The van der Waals surface area contributed by atoms with Crippen LogP contribution in [-0.4, -0.2) is 56.7 Å². The Morgan fingerprint density at radius 1 is 1.15 bits per heavy atom. The van der Waals surface area contributed by atoms with Crippen molar-refractivity contribution < 1.29 is 19.1 Å². The number of hydrogen-bond acceptors (Lipinski definition) is 5. The lowest BCUT2D eigenvalue weighted by Gasteiger charge is -2.26. The number of carbonyl (C=O) groups excluding carboxylic acids is 2. The van der Waals surface area contributed by atoms with Crippen LogP contribution in [0.2, 0.25) is 0 Å². The van der Waals surface area contributed by atoms with Gasteiger partial charge in [0.1, 0.15) is 5.75 Å². The molecule has 2 fully saturated rings. The van der Waals surface area contributed by atoms with Gasteiger partial charge in [-0.3, -0.25) is 14.5 Å². The van der Waals surface area contributed by atoms with Crippen LogP contribution in [0.1, 0.15) is 32.1 Å². The number of carbonyl (C=O) groups is 2. The van der Waals surface area contributed by atoms with Crippen LogP contribution in [0.4, 0.5) is 11.4 Å². The number of amides is 2. The average Bonchev–Trinajstić information content (AvgIpc) is 2.70. The van der Waals surface area contributed by atoms with Gasteiger partial charge in [0.15, 0.2) is 0 Å². The summed E-state index contributed by atoms with van der Waals surface area (Å²) in [5.74, 6) is 0.611. The zero-order valence-electron chi connectivity index (χ0n) is 16.0. The van der Waals surface area contributed by atoms with Gasteiger partial charge in [-0.05, 0) is 25.0 Å². The summed E-state index contributed by atoms with van der Waals surface area (Å²) in [6.07, 6.45) is 5.37. The molecule has 1 saturated carbocycles. The van der Waals surface area contributed by atoms with Crippen molar-refractivity contribution in [2.24, 2.45) is 5.92 Å². The largest absolute Gasteiger partial charge is 0.494 e. The van der Waals surface area contributed by atoms with E-state index in [1.807, 2.05) is 0 Å². The Bertz CT molecular complexity index is 653. The lowest BCUT2D eigenvalue weighted by Crippen LogP contribution is -2.41. The van der Waals surface area contributed by atoms with E-state index in [0.29, 0.717) is 36.9 Å². The van der Waals surface area contributed by atoms with Crippen molar-refractivity contribution in [3.05, 3.63) is 18.2 Å². The molecule has 1 heterocycles. The van der Waals surface area contributed by atoms with Gasteiger partial charge in [-0.2, -0.15) is 0 Å². The quantitative estimate of drug-likeness (QED) is 0.799. The summed E-state index contributed by atoms with van der Waals surface area (Å²) >= 11 is 0. The fourth-order valence-electron chi connectivity index (χ4n) is 3.63. The molecule has 2 aliphatic rings. The second-order valence-corrected chi connectivity index (χ2v) is 7.18. The Balaban J connectivity index is 1.58. The monoisotopic (exact) mass is 375 g/mol. The molecule has 1 aromatic carbocycles. The molecule has 1 aliphatic carbocycles. The van der Waals surface area contributed by atoms with Crippen LogP contribution in [0.5, 0.6) is 5.75 Å². The highest BCUT2D eigenvalue weighted by atomic mass is 16.5. The molecule has 7 heteroatoms. The van der Waals surface area contributed by atoms with E-state index in [0.717, 1.165) is 38.8 Å². The van der Waals surface area contributed by atoms with Crippen molar-refractivity contribution >= 4 is 23.2 Å². The molecular formula is C20H29N3O4. The fraction of sp³-hybridized carbons (Fsp3) is 0.600. The van der Waals surface area contributed by atoms with Crippen LogP contribution in [0.15, 0.2) is 18.2 Å². The van der Waals surface area contributed by atoms with Crippen LogP contribution < -0.4 is 15.4 Å². The number of hydrogen-bond donors (Lipinski definition) is 2. The van der Waals surface area contributed by atoms with Gasteiger partial charge in [0.05, 0.1) is 32.6 Å². The molecule has 0 aromatic heterocycles. The first-order valence-electron chi connectivity index (χ1n) is 9.74. The summed E-state index contributed by atoms with van der Waals surface area (Å²) in [7, 11) is 1.56. The molecule has 0 bridgehead atoms. The van der Waals surface area contributed by atoms with E-state index in [9.17, 15) is 9.59 Å². The molecule has 148 valence electrons. The van der Waals surface area contributed by atoms with Gasteiger partial charge in [0.25, 0.3) is 0 Å². The second-order valence-electron chi connectivity index (χ2n) is 7.18. The highest BCUT2D eigenvalue weighted by molar-refractivity contribution is 5.96. The number of ether oxygens (including phenoxy) is 2. The molecule has 3 rings (SSSR count). The van der Waals surface area contributed by atoms with Gasteiger partial charge in [0, 0.05) is 30.8 Å². The number of anilines is 2. The Hall–Kier alpha value is -2.12. The number of rotatable bonds is 6. The molecule has 2 N–H and O–H groups in total. The molecule has 2 amide bonds. The van der Waals surface area contributed by atoms with E-state index >= 15 is 0 Å². The van der Waals surface area contributed by atoms with Crippen LogP contribution in [-0.2, 0) is 14.3 Å². The van der Waals surface area contributed by atoms with E-state index in [-0.39, 0.29) is 17.7 Å². The van der Waals surface area contributed by atoms with E-state index in [4.69, 9.17) is 9.47 Å². The zero-order valence-corrected chi connectivity index (χ0v) is 16.0. The van der Waals surface area contributed by atoms with Crippen molar-refractivity contribution in [1.29, 1.82) is 0 Å². The van der Waals surface area contributed by atoms with Gasteiger partial charge >= 0.3 is 0 Å². The first kappa shape index (κ1) is 19.6. The molecule has 0 radical (unpaired) electrons. The molecule has 7 nitrogen and oxygen atoms in total. The van der Waals surface area contributed by atoms with Crippen molar-refractivity contribution in [3.8, 4) is 5.75 Å². The highest BCUT2D eigenvalue weighted by Crippen LogP contribution is 2.30. The third-order valence-corrected chi connectivity index (χ3v) is 5.19. The normalized spacial score (nSPS) is 18.7. The number of benzene rings is 1. The van der Waals surface area contributed by atoms with Gasteiger partial charge in [-0.25, -0.2) is 0 Å². The van der Waals surface area contributed by atoms with Gasteiger partial charge < -0.3 is 20.1 Å². The van der Waals surface area contributed by atoms with Crippen LogP contribution in [0.25, 0.3) is 0 Å². The minimum Gasteiger partial charge on any atom is -0.494 e. The van der Waals surface area contributed by atoms with Crippen molar-refractivity contribution in [3.63, 3.8) is 0 Å². The van der Waals surface area contributed by atoms with Gasteiger partial charge in [-0.1, -0.05) is 19.3 Å². The maximum Gasteiger partial charge on any atom is 0.238 e. The predicted octanol–water partition coefficient (Wildman–Crippen LogP) is 2.48. The summed E-state index contributed by atoms with van der Waals surface area (Å²) < 4.78 is 10.7. The number of morpholine rings is 1. The van der Waals surface area contributed by atoms with E-state index in [1.54, 1.807) is 25.3 Å². The lowest BCUT2D eigenvalue weighted by atomic mass is 9.88. The number of methoxy groups -OCH3 is 1. The molecule has 0 unspecified atom stereocenters. The molecule has 1 aromatic rings. The lowest BCUT2D eigenvalue weighted by molar-refractivity contribution is -0.121. The Labute approximate surface area is 160 Å². The topological polar surface area (TPSA) is 79.9 Å². The Kier molecular flexibility index (Phi) is 7.06. The molecule has 0 spiro atoms. The highest BCUT2D eigenvalue weighted by Gasteiger charge is 2.21. The summed E-state index contributed by atoms with van der Waals surface area (Å²) in [4.78, 5) is 26.8. The van der Waals surface area contributed by atoms with Gasteiger partial charge in [0.2, 0.25) is 11.8 Å². The maximum atomic E-state index is 12.4. The van der Waals surface area contributed by atoms with Crippen LogP contribution in [0.3, 0.4) is 0 Å². The van der Waals surface area contributed by atoms with Crippen molar-refractivity contribution in [2.45, 2.75) is 32.1 Å². The van der Waals surface area contributed by atoms with E-state index in [1.165, 1.54) is 6.42 Å². The van der Waals surface area contributed by atoms with Crippen molar-refractivity contribution in [1.82, 2.24) is 4.90 Å². The van der Waals surface area contributed by atoms with Gasteiger partial charge in [-0.15, -0.1) is 0 Å². The predicted molar refractivity (Wildman–Crippen MR) is 104 cm³/mol. The fourth-order valence-corrected chi connectivity index (χ4v) is 3.63. The second kappa shape index (κ2) is 9.71. The molecular weight excluding hydrogens is 346 g/mol. The standard InChI is InChI=1S/C20H29N3O4/c1-26-18-13-16(21-20(25)15-5-3-2-4-6-15)7-8-17(18)22-19(24)14-23-9-11-27-12-10-23/h7-8,13,15H,2-6,9-12,14H2,1H3,(H,21,25)(H,22,24). The van der Waals surface area contributed by atoms with E-state index in [2.05, 4.69) is 15.5 Å². The third kappa shape index (κ3) is 5.68. The first-order valence-corrected chi connectivity index (χ1v) is 9.74. The Morgan fingerprint density at radius 2 is 1.89 bits per heavy atom. The molecule has 1 aliphatic heterocycles. The molecule has 0 atom stereocenters. The number of nitrogens with zero attached hydrogens (tertiary/aromatic N) is 1. The smallest absolute Gasteiger partial charge is 0.238 e. The third-order valence-electron chi connectivity index (χ3n) is 5.19. The molecule has 27 heavy (non-hydrogen) atoms. The average molecular weight is 375 g/mol. The summed E-state index contributed by atoms with van der Waals surface area (Å²) in [6.45, 7) is 3.16. The summed E-state index contributed by atoms with van der Waals surface area (Å²) in [5.41, 5.74) is 1.29. The SMILES string of the molecule is COc1cc(NC(=O)C2CCCCC2)ccc1NC(=O)CN1CCOCC1. The van der Waals surface area contributed by atoms with Crippen molar-refractivity contribution in [2.75, 3.05) is 50.6 Å². The minimum atomic E-state index is -0.0887. The van der Waals surface area contributed by atoms with Crippen LogP contribution >= 0.6 is 0 Å².